The second-order valence-corrected chi connectivity index (χ2v) is 6.04. The zero-order valence-electron chi connectivity index (χ0n) is 13.4. The van der Waals surface area contributed by atoms with Crippen molar-refractivity contribution in [1.82, 2.24) is 4.98 Å². The predicted molar refractivity (Wildman–Crippen MR) is 97.9 cm³/mol. The Morgan fingerprint density at radius 2 is 1.83 bits per heavy atom. The molecule has 122 valence electrons. The number of benzene rings is 2. The van der Waals surface area contributed by atoms with Gasteiger partial charge in [0.2, 0.25) is 0 Å². The molecule has 0 aliphatic carbocycles. The highest BCUT2D eigenvalue weighted by Gasteiger charge is 2.10. The molecule has 2 amide bonds. The number of anilines is 2. The Hall–Kier alpha value is -2.86. The van der Waals surface area contributed by atoms with Gasteiger partial charge in [-0.15, -0.1) is 11.3 Å². The number of urea groups is 1. The van der Waals surface area contributed by atoms with Crippen LogP contribution in [0.25, 0.3) is 11.3 Å². The van der Waals surface area contributed by atoms with Gasteiger partial charge < -0.3 is 10.1 Å². The number of aromatic nitrogens is 1. The zero-order chi connectivity index (χ0) is 16.9. The monoisotopic (exact) mass is 339 g/mol. The molecule has 0 aliphatic heterocycles. The van der Waals surface area contributed by atoms with Crippen molar-refractivity contribution in [3.05, 3.63) is 59.5 Å². The molecule has 1 aromatic heterocycles. The van der Waals surface area contributed by atoms with E-state index in [1.165, 1.54) is 16.9 Å². The largest absolute Gasteiger partial charge is 0.495 e. The molecule has 0 radical (unpaired) electrons. The van der Waals surface area contributed by atoms with Crippen LogP contribution in [0.5, 0.6) is 5.75 Å². The van der Waals surface area contributed by atoms with Gasteiger partial charge in [0.15, 0.2) is 5.13 Å². The maximum atomic E-state index is 12.1. The number of carbonyl (C=O) groups excluding carboxylic acids is 1. The maximum Gasteiger partial charge on any atom is 0.325 e. The average molecular weight is 339 g/mol. The van der Waals surface area contributed by atoms with Gasteiger partial charge in [-0.05, 0) is 19.1 Å². The first-order valence-electron chi connectivity index (χ1n) is 7.39. The van der Waals surface area contributed by atoms with Gasteiger partial charge in [-0.1, -0.05) is 42.0 Å². The van der Waals surface area contributed by atoms with Gasteiger partial charge in [0.1, 0.15) is 5.75 Å². The van der Waals surface area contributed by atoms with Crippen molar-refractivity contribution >= 4 is 28.2 Å². The first-order chi connectivity index (χ1) is 11.7. The number of hydrogen-bond acceptors (Lipinski definition) is 4. The van der Waals surface area contributed by atoms with Crippen LogP contribution in [0.4, 0.5) is 15.6 Å². The molecule has 0 saturated carbocycles. The van der Waals surface area contributed by atoms with Crippen molar-refractivity contribution in [3.8, 4) is 17.0 Å². The molecule has 6 heteroatoms. The molecule has 24 heavy (non-hydrogen) atoms. The second-order valence-electron chi connectivity index (χ2n) is 5.18. The first-order valence-corrected chi connectivity index (χ1v) is 8.27. The molecule has 0 bridgehead atoms. The summed E-state index contributed by atoms with van der Waals surface area (Å²) >= 11 is 1.38. The standard InChI is InChI=1S/C18H17N3O2S/c1-12-7-9-13(10-8-12)15-11-24-18(20-15)21-17(22)19-14-5-3-4-6-16(14)23-2/h3-11H,1-2H3,(H2,19,20,21,22). The van der Waals surface area contributed by atoms with Crippen LogP contribution in [0.2, 0.25) is 0 Å². The van der Waals surface area contributed by atoms with Crippen LogP contribution in [0.15, 0.2) is 53.9 Å². The molecule has 1 heterocycles. The van der Waals surface area contributed by atoms with Gasteiger partial charge in [-0.2, -0.15) is 0 Å². The maximum absolute atomic E-state index is 12.1. The summed E-state index contributed by atoms with van der Waals surface area (Å²) in [5, 5.41) is 7.96. The van der Waals surface area contributed by atoms with Crippen molar-refractivity contribution < 1.29 is 9.53 Å². The summed E-state index contributed by atoms with van der Waals surface area (Å²) < 4.78 is 5.21. The highest BCUT2D eigenvalue weighted by molar-refractivity contribution is 7.14. The van der Waals surface area contributed by atoms with E-state index in [1.807, 2.05) is 48.7 Å². The molecule has 0 spiro atoms. The minimum atomic E-state index is -0.357. The molecule has 5 nitrogen and oxygen atoms in total. The molecule has 0 unspecified atom stereocenters. The quantitative estimate of drug-likeness (QED) is 0.719. The normalized spacial score (nSPS) is 10.2. The molecule has 2 N–H and O–H groups in total. The third kappa shape index (κ3) is 3.72. The minimum Gasteiger partial charge on any atom is -0.495 e. The van der Waals surface area contributed by atoms with Crippen molar-refractivity contribution in [1.29, 1.82) is 0 Å². The Kier molecular flexibility index (Phi) is 4.77. The lowest BCUT2D eigenvalue weighted by atomic mass is 10.1. The van der Waals surface area contributed by atoms with E-state index in [2.05, 4.69) is 15.6 Å². The van der Waals surface area contributed by atoms with E-state index in [0.717, 1.165) is 11.3 Å². The third-order valence-electron chi connectivity index (χ3n) is 3.43. The predicted octanol–water partition coefficient (Wildman–Crippen LogP) is 4.77. The topological polar surface area (TPSA) is 63.2 Å². The highest BCUT2D eigenvalue weighted by Crippen LogP contribution is 2.26. The smallest absolute Gasteiger partial charge is 0.325 e. The number of amides is 2. The van der Waals surface area contributed by atoms with E-state index in [1.54, 1.807) is 19.2 Å². The Balaban J connectivity index is 1.68. The van der Waals surface area contributed by atoms with E-state index < -0.39 is 0 Å². The number of carbonyl (C=O) groups is 1. The zero-order valence-corrected chi connectivity index (χ0v) is 14.2. The van der Waals surface area contributed by atoms with E-state index in [0.29, 0.717) is 16.6 Å². The summed E-state index contributed by atoms with van der Waals surface area (Å²) in [5.74, 6) is 0.604. The number of ether oxygens (including phenoxy) is 1. The first kappa shape index (κ1) is 16.0. The molecule has 3 aromatic rings. The van der Waals surface area contributed by atoms with Gasteiger partial charge in [0.25, 0.3) is 0 Å². The fourth-order valence-corrected chi connectivity index (χ4v) is 2.90. The number of thiazole rings is 1. The summed E-state index contributed by atoms with van der Waals surface area (Å²) in [4.78, 5) is 16.6. The van der Waals surface area contributed by atoms with Gasteiger partial charge in [-0.25, -0.2) is 9.78 Å². The Bertz CT molecular complexity index is 843. The van der Waals surface area contributed by atoms with Crippen LogP contribution < -0.4 is 15.4 Å². The number of nitrogens with zero attached hydrogens (tertiary/aromatic N) is 1. The van der Waals surface area contributed by atoms with E-state index >= 15 is 0 Å². The van der Waals surface area contributed by atoms with Crippen LogP contribution in [0.1, 0.15) is 5.56 Å². The number of methoxy groups -OCH3 is 1. The van der Waals surface area contributed by atoms with Crippen molar-refractivity contribution in [3.63, 3.8) is 0 Å². The molecule has 0 saturated heterocycles. The van der Waals surface area contributed by atoms with Crippen molar-refractivity contribution in [2.45, 2.75) is 6.92 Å². The summed E-state index contributed by atoms with van der Waals surface area (Å²) in [6.45, 7) is 2.04. The third-order valence-corrected chi connectivity index (χ3v) is 4.18. The van der Waals surface area contributed by atoms with Gasteiger partial charge in [0.05, 0.1) is 18.5 Å². The molecular formula is C18H17N3O2S. The van der Waals surface area contributed by atoms with E-state index in [4.69, 9.17) is 4.74 Å². The fourth-order valence-electron chi connectivity index (χ4n) is 2.19. The number of rotatable bonds is 4. The molecule has 0 aliphatic rings. The van der Waals surface area contributed by atoms with Gasteiger partial charge in [0, 0.05) is 10.9 Å². The molecule has 2 aromatic carbocycles. The molecule has 0 fully saturated rings. The summed E-state index contributed by atoms with van der Waals surface area (Å²) in [6, 6.07) is 15.0. The lowest BCUT2D eigenvalue weighted by molar-refractivity contribution is 0.262. The second kappa shape index (κ2) is 7.14. The summed E-state index contributed by atoms with van der Waals surface area (Å²) in [6.07, 6.45) is 0. The molecule has 0 atom stereocenters. The number of aryl methyl sites for hydroxylation is 1. The number of para-hydroxylation sites is 2. The molecule has 3 rings (SSSR count). The van der Waals surface area contributed by atoms with Crippen LogP contribution in [0.3, 0.4) is 0 Å². The molecular weight excluding hydrogens is 322 g/mol. The fraction of sp³-hybridized carbons (Fsp3) is 0.111. The average Bonchev–Trinajstić information content (AvgIpc) is 3.04. The van der Waals surface area contributed by atoms with Gasteiger partial charge in [-0.3, -0.25) is 5.32 Å². The lowest BCUT2D eigenvalue weighted by Crippen LogP contribution is -2.19. The minimum absolute atomic E-state index is 0.357. The van der Waals surface area contributed by atoms with Crippen LogP contribution in [0, 0.1) is 6.92 Å². The number of hydrogen-bond donors (Lipinski definition) is 2. The SMILES string of the molecule is COc1ccccc1NC(=O)Nc1nc(-c2ccc(C)cc2)cs1. The van der Waals surface area contributed by atoms with Crippen molar-refractivity contribution in [2.24, 2.45) is 0 Å². The Morgan fingerprint density at radius 1 is 1.08 bits per heavy atom. The lowest BCUT2D eigenvalue weighted by Gasteiger charge is -2.09. The van der Waals surface area contributed by atoms with Gasteiger partial charge >= 0.3 is 6.03 Å². The highest BCUT2D eigenvalue weighted by atomic mass is 32.1. The van der Waals surface area contributed by atoms with Crippen molar-refractivity contribution in [2.75, 3.05) is 17.7 Å². The number of nitrogens with one attached hydrogen (secondary N) is 2. The van der Waals surface area contributed by atoms with E-state index in [9.17, 15) is 4.79 Å². The summed E-state index contributed by atoms with van der Waals surface area (Å²) in [5.41, 5.74) is 3.67. The van der Waals surface area contributed by atoms with Crippen LogP contribution in [-0.4, -0.2) is 18.1 Å². The Labute approximate surface area is 144 Å². The van der Waals surface area contributed by atoms with Crippen LogP contribution >= 0.6 is 11.3 Å². The summed E-state index contributed by atoms with van der Waals surface area (Å²) in [7, 11) is 1.56. The van der Waals surface area contributed by atoms with Crippen LogP contribution in [-0.2, 0) is 0 Å². The Morgan fingerprint density at radius 3 is 2.58 bits per heavy atom. The van der Waals surface area contributed by atoms with E-state index in [-0.39, 0.29) is 6.03 Å².